The third-order valence-corrected chi connectivity index (χ3v) is 2.70. The van der Waals surface area contributed by atoms with Gasteiger partial charge in [0.2, 0.25) is 0 Å². The second kappa shape index (κ2) is 6.86. The summed E-state index contributed by atoms with van der Waals surface area (Å²) in [4.78, 5) is 10.4. The lowest BCUT2D eigenvalue weighted by atomic mass is 10.2. The number of carbonyl (C=O) groups is 1. The van der Waals surface area contributed by atoms with Gasteiger partial charge in [-0.05, 0) is 18.8 Å². The van der Waals surface area contributed by atoms with Crippen LogP contribution in [-0.2, 0) is 9.53 Å². The maximum Gasteiger partial charge on any atom is 0.306 e. The molecule has 2 nitrogen and oxygen atoms in total. The minimum Gasteiger partial charge on any atom is -0.462 e. The summed E-state index contributed by atoms with van der Waals surface area (Å²) >= 11 is 0. The van der Waals surface area contributed by atoms with E-state index in [1.807, 2.05) is 6.92 Å². The summed E-state index contributed by atoms with van der Waals surface area (Å²) < 4.78 is 4.87. The lowest BCUT2D eigenvalue weighted by Gasteiger charge is -2.01. The van der Waals surface area contributed by atoms with Crippen LogP contribution in [0.15, 0.2) is 0 Å². The lowest BCUT2D eigenvalue weighted by molar-refractivity contribution is -0.141. The summed E-state index contributed by atoms with van der Waals surface area (Å²) in [6.07, 6.45) is 7.18. The molecule has 1 atom stereocenters. The summed E-state index contributed by atoms with van der Waals surface area (Å²) in [5.74, 6) is 1.10. The van der Waals surface area contributed by atoms with Gasteiger partial charge in [-0.1, -0.05) is 40.5 Å². The van der Waals surface area contributed by atoms with Crippen LogP contribution in [0.5, 0.6) is 0 Å². The van der Waals surface area contributed by atoms with Crippen LogP contribution in [-0.4, -0.2) is 12.1 Å². The molecule has 1 aliphatic carbocycles. The molecule has 0 aromatic heterocycles. The molecular weight excluding hydrogens is 176 g/mol. The van der Waals surface area contributed by atoms with Crippen molar-refractivity contribution in [2.75, 3.05) is 0 Å². The number of rotatable bonds is 2. The van der Waals surface area contributed by atoms with Gasteiger partial charge in [-0.3, -0.25) is 4.79 Å². The zero-order valence-electron chi connectivity index (χ0n) is 8.71. The highest BCUT2D eigenvalue weighted by molar-refractivity contribution is 5.71. The van der Waals surface area contributed by atoms with Crippen LogP contribution in [0.2, 0.25) is 0 Å². The number of carbonyl (C=O) groups excluding carboxylic acids is 1. The average molecular weight is 200 g/mol. The third kappa shape index (κ3) is 5.25. The Balaban J connectivity index is 0.000000246. The van der Waals surface area contributed by atoms with E-state index >= 15 is 0 Å². The molecule has 2 heteroatoms. The van der Waals surface area contributed by atoms with Crippen LogP contribution in [0.4, 0.5) is 0 Å². The van der Waals surface area contributed by atoms with E-state index in [1.165, 1.54) is 19.3 Å². The molecule has 0 spiro atoms. The second-order valence-corrected chi connectivity index (χ2v) is 3.91. The second-order valence-electron chi connectivity index (χ2n) is 3.91. The van der Waals surface area contributed by atoms with Crippen LogP contribution < -0.4 is 0 Å². The Morgan fingerprint density at radius 1 is 1.21 bits per heavy atom. The number of esters is 1. The van der Waals surface area contributed by atoms with Gasteiger partial charge in [0.15, 0.2) is 0 Å². The van der Waals surface area contributed by atoms with Crippen LogP contribution in [0.25, 0.3) is 0 Å². The van der Waals surface area contributed by atoms with Crippen molar-refractivity contribution < 1.29 is 9.53 Å². The van der Waals surface area contributed by atoms with Gasteiger partial charge in [0.25, 0.3) is 0 Å². The Bertz CT molecular complexity index is 162. The molecule has 0 N–H and O–H groups in total. The van der Waals surface area contributed by atoms with Crippen molar-refractivity contribution in [3.05, 3.63) is 0 Å². The van der Waals surface area contributed by atoms with E-state index in [1.54, 1.807) is 0 Å². The highest BCUT2D eigenvalue weighted by Crippen LogP contribution is 2.31. The number of hydrogen-bond donors (Lipinski definition) is 0. The predicted molar refractivity (Wildman–Crippen MR) is 59.2 cm³/mol. The van der Waals surface area contributed by atoms with E-state index in [4.69, 9.17) is 4.74 Å². The largest absolute Gasteiger partial charge is 0.462 e. The highest BCUT2D eigenvalue weighted by atomic mass is 16.5. The first-order valence-electron chi connectivity index (χ1n) is 5.45. The number of hydrogen-bond acceptors (Lipinski definition) is 2. The van der Waals surface area contributed by atoms with Gasteiger partial charge in [0.1, 0.15) is 6.10 Å². The Labute approximate surface area is 88.0 Å². The Morgan fingerprint density at radius 2 is 1.86 bits per heavy atom. The smallest absolute Gasteiger partial charge is 0.306 e. The van der Waals surface area contributed by atoms with Crippen molar-refractivity contribution in [1.29, 1.82) is 0 Å². The number of cyclic esters (lactones) is 1. The Kier molecular flexibility index (Phi) is 6.60. The van der Waals surface area contributed by atoms with Gasteiger partial charge in [0.05, 0.1) is 0 Å². The van der Waals surface area contributed by atoms with E-state index < -0.39 is 0 Å². The quantitative estimate of drug-likeness (QED) is 0.637. The molecule has 84 valence electrons. The normalized spacial score (nSPS) is 24.4. The SMILES string of the molecule is C.CCC1CC1.CCC1CCC(=O)O1. The van der Waals surface area contributed by atoms with E-state index in [2.05, 4.69) is 6.92 Å². The van der Waals surface area contributed by atoms with Crippen LogP contribution in [0.1, 0.15) is 59.8 Å². The van der Waals surface area contributed by atoms with Gasteiger partial charge in [0, 0.05) is 6.42 Å². The molecule has 1 aliphatic heterocycles. The molecule has 0 bridgehead atoms. The monoisotopic (exact) mass is 200 g/mol. The molecule has 0 amide bonds. The topological polar surface area (TPSA) is 26.3 Å². The van der Waals surface area contributed by atoms with Crippen molar-refractivity contribution in [2.24, 2.45) is 5.92 Å². The fraction of sp³-hybridized carbons (Fsp3) is 0.917. The fourth-order valence-electron chi connectivity index (χ4n) is 1.40. The molecule has 0 aromatic rings. The Hall–Kier alpha value is -0.530. The van der Waals surface area contributed by atoms with Crippen molar-refractivity contribution in [1.82, 2.24) is 0 Å². The zero-order chi connectivity index (χ0) is 9.68. The van der Waals surface area contributed by atoms with E-state index in [-0.39, 0.29) is 19.5 Å². The van der Waals surface area contributed by atoms with Gasteiger partial charge in [-0.2, -0.15) is 0 Å². The van der Waals surface area contributed by atoms with Crippen molar-refractivity contribution in [3.63, 3.8) is 0 Å². The average Bonchev–Trinajstić information content (AvgIpc) is 2.90. The van der Waals surface area contributed by atoms with Gasteiger partial charge >= 0.3 is 5.97 Å². The molecule has 0 radical (unpaired) electrons. The minimum atomic E-state index is -0.0307. The standard InChI is InChI=1S/C6H10O2.C5H10.CH4/c1-2-5-3-4-6(7)8-5;1-2-5-3-4-5;/h5H,2-4H2,1H3;5H,2-4H2,1H3;1H4. The van der Waals surface area contributed by atoms with Gasteiger partial charge in [-0.15, -0.1) is 0 Å². The van der Waals surface area contributed by atoms with Crippen LogP contribution in [0.3, 0.4) is 0 Å². The molecule has 2 rings (SSSR count). The summed E-state index contributed by atoms with van der Waals surface area (Å²) in [6.45, 7) is 4.29. The van der Waals surface area contributed by atoms with E-state index in [9.17, 15) is 4.79 Å². The first kappa shape index (κ1) is 13.5. The fourth-order valence-corrected chi connectivity index (χ4v) is 1.40. The molecular formula is C12H24O2. The summed E-state index contributed by atoms with van der Waals surface area (Å²) in [5, 5.41) is 0. The molecule has 1 saturated heterocycles. The van der Waals surface area contributed by atoms with E-state index in [0.29, 0.717) is 6.42 Å². The summed E-state index contributed by atoms with van der Waals surface area (Å²) in [5.41, 5.74) is 0. The van der Waals surface area contributed by atoms with E-state index in [0.717, 1.165) is 18.8 Å². The molecule has 0 aromatic carbocycles. The van der Waals surface area contributed by atoms with Crippen molar-refractivity contribution in [2.45, 2.75) is 65.9 Å². The van der Waals surface area contributed by atoms with Crippen LogP contribution >= 0.6 is 0 Å². The molecule has 1 heterocycles. The molecule has 1 saturated carbocycles. The van der Waals surface area contributed by atoms with Gasteiger partial charge < -0.3 is 4.74 Å². The lowest BCUT2D eigenvalue weighted by Crippen LogP contribution is -2.03. The maximum absolute atomic E-state index is 10.4. The first-order valence-corrected chi connectivity index (χ1v) is 5.45. The van der Waals surface area contributed by atoms with Crippen molar-refractivity contribution in [3.8, 4) is 0 Å². The predicted octanol–water partition coefficient (Wildman–Crippen LogP) is 3.54. The molecule has 2 aliphatic rings. The number of ether oxygens (including phenoxy) is 1. The summed E-state index contributed by atoms with van der Waals surface area (Å²) in [7, 11) is 0. The minimum absolute atomic E-state index is 0. The Morgan fingerprint density at radius 3 is 2.00 bits per heavy atom. The van der Waals surface area contributed by atoms with Crippen molar-refractivity contribution >= 4 is 5.97 Å². The summed E-state index contributed by atoms with van der Waals surface area (Å²) in [6, 6.07) is 0. The molecule has 2 fully saturated rings. The third-order valence-electron chi connectivity index (χ3n) is 2.70. The molecule has 1 unspecified atom stereocenters. The molecule has 14 heavy (non-hydrogen) atoms. The van der Waals surface area contributed by atoms with Gasteiger partial charge in [-0.25, -0.2) is 0 Å². The first-order chi connectivity index (χ1) is 6.26. The zero-order valence-corrected chi connectivity index (χ0v) is 8.71. The highest BCUT2D eigenvalue weighted by Gasteiger charge is 2.20. The maximum atomic E-state index is 10.4. The van der Waals surface area contributed by atoms with Crippen LogP contribution in [0, 0.1) is 5.92 Å².